The summed E-state index contributed by atoms with van der Waals surface area (Å²) in [5, 5.41) is 0. The Labute approximate surface area is 155 Å². The maximum absolute atomic E-state index is 6.19. The fraction of sp³-hybridized carbons (Fsp3) is 1.00. The first-order valence-corrected chi connectivity index (χ1v) is 9.44. The van der Waals surface area contributed by atoms with Crippen LogP contribution in [-0.4, -0.2) is 53.7 Å². The molecule has 4 heterocycles. The normalized spacial score (nSPS) is 57.0. The van der Waals surface area contributed by atoms with E-state index in [9.17, 15) is 0 Å². The average Bonchev–Trinajstić information content (AvgIpc) is 2.94. The van der Waals surface area contributed by atoms with Gasteiger partial charge >= 0.3 is 19.1 Å². The molecule has 6 atom stereocenters. The zero-order valence-electron chi connectivity index (χ0n) is 13.3. The maximum atomic E-state index is 6.19. The van der Waals surface area contributed by atoms with Crippen molar-refractivity contribution >= 4 is 19.1 Å². The molecule has 4 fully saturated rings. The van der Waals surface area contributed by atoms with Crippen LogP contribution >= 0.6 is 0 Å². The molecule has 4 radical (unpaired) electrons. The third-order valence-corrected chi connectivity index (χ3v) is 9.49. The van der Waals surface area contributed by atoms with Crippen LogP contribution in [0.2, 0.25) is 0 Å². The fourth-order valence-electron chi connectivity index (χ4n) is 3.81. The molecule has 0 spiro atoms. The molecule has 0 aromatic heterocycles. The van der Waals surface area contributed by atoms with Crippen molar-refractivity contribution in [2.45, 2.75) is 76.2 Å². The Kier molecular flexibility index (Phi) is 4.75. The van der Waals surface area contributed by atoms with Crippen LogP contribution in [0.1, 0.15) is 41.5 Å². The van der Waals surface area contributed by atoms with E-state index in [4.69, 9.17) is 26.6 Å². The van der Waals surface area contributed by atoms with E-state index in [1.165, 1.54) is 0 Å². The Morgan fingerprint density at radius 2 is 0.955 bits per heavy atom. The molecule has 130 valence electrons. The van der Waals surface area contributed by atoms with E-state index in [0.29, 0.717) is 0 Å². The molecule has 22 heavy (non-hydrogen) atoms. The summed E-state index contributed by atoms with van der Waals surface area (Å²) in [4.78, 5) is 0. The van der Waals surface area contributed by atoms with E-state index in [2.05, 4.69) is 27.7 Å². The summed E-state index contributed by atoms with van der Waals surface area (Å²) < 4.78 is 35.9. The summed E-state index contributed by atoms with van der Waals surface area (Å²) in [7, 11) is -3.38. The molecule has 0 amide bonds. The molecular formula is C12H20Co2O6Si2. The molecule has 10 heteroatoms. The van der Waals surface area contributed by atoms with Crippen molar-refractivity contribution in [3.8, 4) is 0 Å². The third kappa shape index (κ3) is 1.86. The zero-order valence-corrected chi connectivity index (χ0v) is 17.4. The van der Waals surface area contributed by atoms with Gasteiger partial charge in [-0.05, 0) is 41.5 Å². The van der Waals surface area contributed by atoms with Gasteiger partial charge in [0.25, 0.3) is 0 Å². The Hall–Kier alpha value is 1.21. The largest absolute Gasteiger partial charge is 0.579 e. The second-order valence-electron chi connectivity index (χ2n) is 6.71. The monoisotopic (exact) mass is 434 g/mol. The van der Waals surface area contributed by atoms with Gasteiger partial charge in [0.2, 0.25) is 0 Å². The van der Waals surface area contributed by atoms with Crippen LogP contribution in [0.4, 0.5) is 0 Å². The minimum Gasteiger partial charge on any atom is -0.365 e. The van der Waals surface area contributed by atoms with Crippen molar-refractivity contribution < 1.29 is 60.1 Å². The van der Waals surface area contributed by atoms with Crippen molar-refractivity contribution in [3.05, 3.63) is 0 Å². The van der Waals surface area contributed by atoms with Crippen LogP contribution in [0.25, 0.3) is 0 Å². The predicted octanol–water partition coefficient (Wildman–Crippen LogP) is 0.917. The van der Waals surface area contributed by atoms with Gasteiger partial charge in [-0.2, -0.15) is 0 Å². The molecular weight excluding hydrogens is 414 g/mol. The van der Waals surface area contributed by atoms with E-state index in [1.807, 2.05) is 13.8 Å². The molecule has 0 saturated carbocycles. The van der Waals surface area contributed by atoms with Crippen LogP contribution in [0, 0.1) is 0 Å². The average molecular weight is 434 g/mol. The van der Waals surface area contributed by atoms with Gasteiger partial charge in [-0.15, -0.1) is 0 Å². The Balaban J connectivity index is 0.000000882. The number of fused-ring (bicyclic) bond motifs is 4. The smallest absolute Gasteiger partial charge is 0.365 e. The molecule has 6 nitrogen and oxygen atoms in total. The van der Waals surface area contributed by atoms with Crippen molar-refractivity contribution in [2.75, 3.05) is 0 Å². The summed E-state index contributed by atoms with van der Waals surface area (Å²) in [5.41, 5.74) is -2.31. The first-order chi connectivity index (χ1) is 9.16. The van der Waals surface area contributed by atoms with Crippen LogP contribution in [0.3, 0.4) is 0 Å². The minimum absolute atomic E-state index is 0. The molecule has 6 unspecified atom stereocenters. The predicted molar refractivity (Wildman–Crippen MR) is 70.6 cm³/mol. The Bertz CT molecular complexity index is 447. The molecule has 4 saturated heterocycles. The van der Waals surface area contributed by atoms with Gasteiger partial charge < -0.3 is 26.6 Å². The second-order valence-corrected chi connectivity index (χ2v) is 9.00. The molecule has 4 bridgehead atoms. The van der Waals surface area contributed by atoms with E-state index in [1.54, 1.807) is 0 Å². The first kappa shape index (κ1) is 19.5. The van der Waals surface area contributed by atoms with Crippen molar-refractivity contribution in [1.29, 1.82) is 0 Å². The maximum Gasteiger partial charge on any atom is 0.579 e. The van der Waals surface area contributed by atoms with E-state index in [0.717, 1.165) is 0 Å². The zero-order chi connectivity index (χ0) is 14.6. The summed E-state index contributed by atoms with van der Waals surface area (Å²) in [6, 6.07) is 0. The van der Waals surface area contributed by atoms with Crippen LogP contribution in [-0.2, 0) is 60.1 Å². The van der Waals surface area contributed by atoms with Gasteiger partial charge in [-0.25, -0.2) is 0 Å². The molecule has 4 aliphatic heterocycles. The molecule has 0 N–H and O–H groups in total. The van der Waals surface area contributed by atoms with Gasteiger partial charge in [0, 0.05) is 33.6 Å². The van der Waals surface area contributed by atoms with Gasteiger partial charge in [-0.1, -0.05) is 0 Å². The third-order valence-electron chi connectivity index (χ3n) is 6.07. The Morgan fingerprint density at radius 3 is 1.18 bits per heavy atom. The van der Waals surface area contributed by atoms with Crippen LogP contribution in [0.15, 0.2) is 0 Å². The fourth-order valence-corrected chi connectivity index (χ4v) is 7.99. The summed E-state index contributed by atoms with van der Waals surface area (Å²) in [6.45, 7) is 12.3. The molecule has 4 rings (SSSR count). The molecule has 0 aliphatic carbocycles. The minimum atomic E-state index is -1.69. The van der Waals surface area contributed by atoms with Gasteiger partial charge in [0.05, 0.1) is 12.2 Å². The number of hydrogen-bond donors (Lipinski definition) is 0. The van der Waals surface area contributed by atoms with Crippen molar-refractivity contribution in [1.82, 2.24) is 0 Å². The SMILES string of the molecule is CC1O[Si]2OC1(C)C(C)(C1(C)O[Si]3OC(C)C1(C)O3)O2.[Co].[Co]. The summed E-state index contributed by atoms with van der Waals surface area (Å²) in [5.74, 6) is 0. The molecule has 4 aliphatic rings. The molecule has 0 aromatic carbocycles. The van der Waals surface area contributed by atoms with Crippen LogP contribution < -0.4 is 0 Å². The van der Waals surface area contributed by atoms with E-state index < -0.39 is 41.5 Å². The van der Waals surface area contributed by atoms with E-state index >= 15 is 0 Å². The summed E-state index contributed by atoms with van der Waals surface area (Å²) in [6.07, 6.45) is -0.0431. The quantitative estimate of drug-likeness (QED) is 0.573. The van der Waals surface area contributed by atoms with Gasteiger partial charge in [0.1, 0.15) is 22.4 Å². The number of hydrogen-bond acceptors (Lipinski definition) is 6. The van der Waals surface area contributed by atoms with Crippen molar-refractivity contribution in [3.63, 3.8) is 0 Å². The van der Waals surface area contributed by atoms with Gasteiger partial charge in [0.15, 0.2) is 0 Å². The first-order valence-electron chi connectivity index (χ1n) is 6.99. The van der Waals surface area contributed by atoms with Crippen LogP contribution in [0.5, 0.6) is 0 Å². The second kappa shape index (κ2) is 5.35. The topological polar surface area (TPSA) is 55.4 Å². The number of rotatable bonds is 1. The Morgan fingerprint density at radius 1 is 0.636 bits per heavy atom. The molecule has 0 aromatic rings. The summed E-state index contributed by atoms with van der Waals surface area (Å²) >= 11 is 0. The van der Waals surface area contributed by atoms with Gasteiger partial charge in [-0.3, -0.25) is 0 Å². The standard InChI is InChI=1S/C12H20O6Si2.2Co/c1-7-9(3)11(5,17-19(13-7)15-9)12(6)10(4)8(2)14-20(16-10)18-12;;/h7-8H,1-6H3;;. The van der Waals surface area contributed by atoms with E-state index in [-0.39, 0.29) is 45.8 Å². The van der Waals surface area contributed by atoms with Crippen molar-refractivity contribution in [2.24, 2.45) is 0 Å².